The van der Waals surface area contributed by atoms with E-state index in [1.807, 2.05) is 24.3 Å². The van der Waals surface area contributed by atoms with E-state index in [9.17, 15) is 4.79 Å². The fourth-order valence-electron chi connectivity index (χ4n) is 1.86. The van der Waals surface area contributed by atoms with E-state index in [2.05, 4.69) is 5.32 Å². The summed E-state index contributed by atoms with van der Waals surface area (Å²) >= 11 is 0. The van der Waals surface area contributed by atoms with Crippen LogP contribution in [0.4, 0.5) is 0 Å². The van der Waals surface area contributed by atoms with Crippen LogP contribution in [0.3, 0.4) is 0 Å². The Kier molecular flexibility index (Phi) is 4.20. The quantitative estimate of drug-likeness (QED) is 0.837. The minimum absolute atomic E-state index is 0.136. The summed E-state index contributed by atoms with van der Waals surface area (Å²) in [5.41, 5.74) is 1.01. The van der Waals surface area contributed by atoms with Gasteiger partial charge in [-0.25, -0.2) is 0 Å². The molecule has 0 aromatic heterocycles. The van der Waals surface area contributed by atoms with Crippen molar-refractivity contribution in [1.29, 1.82) is 0 Å². The number of benzene rings is 1. The van der Waals surface area contributed by atoms with E-state index >= 15 is 0 Å². The van der Waals surface area contributed by atoms with Gasteiger partial charge in [0, 0.05) is 19.6 Å². The smallest absolute Gasteiger partial charge is 0.223 e. The minimum Gasteiger partial charge on any atom is -0.497 e. The number of hydrogen-bond acceptors (Lipinski definition) is 3. The summed E-state index contributed by atoms with van der Waals surface area (Å²) in [4.78, 5) is 11.6. The average Bonchev–Trinajstić information content (AvgIpc) is 3.24. The molecule has 1 amide bonds. The molecule has 1 unspecified atom stereocenters. The Bertz CT molecular complexity index is 415. The van der Waals surface area contributed by atoms with Gasteiger partial charge in [0.25, 0.3) is 0 Å². The topological polar surface area (TPSA) is 47.6 Å². The summed E-state index contributed by atoms with van der Waals surface area (Å²) in [5.74, 6) is 1.16. The largest absolute Gasteiger partial charge is 0.497 e. The van der Waals surface area contributed by atoms with Gasteiger partial charge < -0.3 is 14.8 Å². The molecule has 1 saturated carbocycles. The maximum atomic E-state index is 11.6. The van der Waals surface area contributed by atoms with Crippen LogP contribution in [0.2, 0.25) is 0 Å². The molecule has 0 radical (unpaired) electrons. The van der Waals surface area contributed by atoms with E-state index in [0.717, 1.165) is 24.2 Å². The molecule has 1 aliphatic carbocycles. The molecule has 98 valence electrons. The summed E-state index contributed by atoms with van der Waals surface area (Å²) < 4.78 is 10.6. The third-order valence-corrected chi connectivity index (χ3v) is 3.16. The third-order valence-electron chi connectivity index (χ3n) is 3.16. The van der Waals surface area contributed by atoms with Crippen LogP contribution in [0, 0.1) is 5.92 Å². The summed E-state index contributed by atoms with van der Waals surface area (Å²) in [5, 5.41) is 2.93. The highest BCUT2D eigenvalue weighted by Crippen LogP contribution is 2.29. The molecule has 4 heteroatoms. The van der Waals surface area contributed by atoms with Crippen LogP contribution >= 0.6 is 0 Å². The van der Waals surface area contributed by atoms with E-state index in [-0.39, 0.29) is 17.9 Å². The number of nitrogens with one attached hydrogen (secondary N) is 1. The lowest BCUT2D eigenvalue weighted by Gasteiger charge is -2.17. The molecule has 4 nitrogen and oxygen atoms in total. The molecule has 0 heterocycles. The van der Waals surface area contributed by atoms with Crippen molar-refractivity contribution in [3.8, 4) is 5.75 Å². The van der Waals surface area contributed by atoms with E-state index in [1.165, 1.54) is 0 Å². The fraction of sp³-hybridized carbons (Fsp3) is 0.500. The summed E-state index contributed by atoms with van der Waals surface area (Å²) in [6.07, 6.45) is 1.90. The molecule has 1 fully saturated rings. The second kappa shape index (κ2) is 5.87. The van der Waals surface area contributed by atoms with Crippen LogP contribution in [0.1, 0.15) is 24.5 Å². The number of hydrogen-bond donors (Lipinski definition) is 1. The molecule has 0 saturated heterocycles. The second-order valence-corrected chi connectivity index (χ2v) is 4.52. The van der Waals surface area contributed by atoms with Crippen LogP contribution in [-0.2, 0) is 9.53 Å². The molecular weight excluding hydrogens is 230 g/mol. The summed E-state index contributed by atoms with van der Waals surface area (Å²) in [6.45, 7) is 0.499. The van der Waals surface area contributed by atoms with Crippen molar-refractivity contribution >= 4 is 5.91 Å². The maximum absolute atomic E-state index is 11.6. The Morgan fingerprint density at radius 3 is 2.83 bits per heavy atom. The van der Waals surface area contributed by atoms with Crippen LogP contribution in [0.15, 0.2) is 24.3 Å². The highest BCUT2D eigenvalue weighted by atomic mass is 16.5. The number of ether oxygens (including phenoxy) is 2. The van der Waals surface area contributed by atoms with Gasteiger partial charge in [-0.05, 0) is 30.5 Å². The SMILES string of the molecule is COc1cccc(C(CNC(=O)C2CC2)OC)c1. The lowest BCUT2D eigenvalue weighted by molar-refractivity contribution is -0.122. The Balaban J connectivity index is 1.95. The van der Waals surface area contributed by atoms with E-state index in [0.29, 0.717) is 6.54 Å². The molecule has 2 rings (SSSR count). The number of methoxy groups -OCH3 is 2. The minimum atomic E-state index is -0.136. The first-order chi connectivity index (χ1) is 8.74. The van der Waals surface area contributed by atoms with E-state index in [1.54, 1.807) is 14.2 Å². The van der Waals surface area contributed by atoms with Gasteiger partial charge in [-0.15, -0.1) is 0 Å². The first kappa shape index (κ1) is 12.9. The highest BCUT2D eigenvalue weighted by molar-refractivity contribution is 5.80. The van der Waals surface area contributed by atoms with Crippen LogP contribution < -0.4 is 10.1 Å². The van der Waals surface area contributed by atoms with Crippen LogP contribution in [0.25, 0.3) is 0 Å². The van der Waals surface area contributed by atoms with Crippen molar-refractivity contribution in [2.45, 2.75) is 18.9 Å². The third kappa shape index (κ3) is 3.23. The van der Waals surface area contributed by atoms with Gasteiger partial charge in [0.1, 0.15) is 5.75 Å². The predicted octanol–water partition coefficient (Wildman–Crippen LogP) is 1.91. The molecule has 1 aromatic rings. The molecular formula is C14H19NO3. The zero-order valence-corrected chi connectivity index (χ0v) is 10.8. The molecule has 1 aromatic carbocycles. The highest BCUT2D eigenvalue weighted by Gasteiger charge is 2.29. The van der Waals surface area contributed by atoms with Crippen LogP contribution in [-0.4, -0.2) is 26.7 Å². The molecule has 0 spiro atoms. The number of rotatable bonds is 6. The Labute approximate surface area is 107 Å². The zero-order valence-electron chi connectivity index (χ0n) is 10.8. The lowest BCUT2D eigenvalue weighted by atomic mass is 10.1. The molecule has 0 bridgehead atoms. The Hall–Kier alpha value is -1.55. The lowest BCUT2D eigenvalue weighted by Crippen LogP contribution is -2.30. The molecule has 1 atom stereocenters. The van der Waals surface area contributed by atoms with Gasteiger partial charge in [-0.3, -0.25) is 4.79 Å². The summed E-state index contributed by atoms with van der Waals surface area (Å²) in [6, 6.07) is 7.71. The van der Waals surface area contributed by atoms with Crippen molar-refractivity contribution in [1.82, 2.24) is 5.32 Å². The Morgan fingerprint density at radius 1 is 1.44 bits per heavy atom. The zero-order chi connectivity index (χ0) is 13.0. The van der Waals surface area contributed by atoms with Gasteiger partial charge in [-0.2, -0.15) is 0 Å². The average molecular weight is 249 g/mol. The Morgan fingerprint density at radius 2 is 2.22 bits per heavy atom. The predicted molar refractivity (Wildman–Crippen MR) is 68.5 cm³/mol. The van der Waals surface area contributed by atoms with Crippen molar-refractivity contribution in [2.24, 2.45) is 5.92 Å². The van der Waals surface area contributed by atoms with Gasteiger partial charge >= 0.3 is 0 Å². The number of carbonyl (C=O) groups excluding carboxylic acids is 1. The van der Waals surface area contributed by atoms with Crippen LogP contribution in [0.5, 0.6) is 5.75 Å². The molecule has 1 N–H and O–H groups in total. The number of amides is 1. The number of carbonyl (C=O) groups is 1. The summed E-state index contributed by atoms with van der Waals surface area (Å²) in [7, 11) is 3.28. The van der Waals surface area contributed by atoms with Gasteiger partial charge in [-0.1, -0.05) is 12.1 Å². The normalized spacial score (nSPS) is 16.1. The molecule has 18 heavy (non-hydrogen) atoms. The standard InChI is InChI=1S/C14H19NO3/c1-17-12-5-3-4-11(8-12)13(18-2)9-15-14(16)10-6-7-10/h3-5,8,10,13H,6-7,9H2,1-2H3,(H,15,16). The van der Waals surface area contributed by atoms with Gasteiger partial charge in [0.2, 0.25) is 5.91 Å². The van der Waals surface area contributed by atoms with Gasteiger partial charge in [0.15, 0.2) is 0 Å². The van der Waals surface area contributed by atoms with Crippen molar-refractivity contribution in [3.05, 3.63) is 29.8 Å². The fourth-order valence-corrected chi connectivity index (χ4v) is 1.86. The second-order valence-electron chi connectivity index (χ2n) is 4.52. The van der Waals surface area contributed by atoms with E-state index < -0.39 is 0 Å². The van der Waals surface area contributed by atoms with E-state index in [4.69, 9.17) is 9.47 Å². The first-order valence-corrected chi connectivity index (χ1v) is 6.19. The first-order valence-electron chi connectivity index (χ1n) is 6.19. The monoisotopic (exact) mass is 249 g/mol. The van der Waals surface area contributed by atoms with Crippen molar-refractivity contribution < 1.29 is 14.3 Å². The molecule has 0 aliphatic heterocycles. The maximum Gasteiger partial charge on any atom is 0.223 e. The van der Waals surface area contributed by atoms with Crippen molar-refractivity contribution in [2.75, 3.05) is 20.8 Å². The van der Waals surface area contributed by atoms with Crippen molar-refractivity contribution in [3.63, 3.8) is 0 Å². The molecule has 1 aliphatic rings. The van der Waals surface area contributed by atoms with Gasteiger partial charge in [0.05, 0.1) is 13.2 Å².